The molecule has 3 atom stereocenters. The number of esters is 1. The number of benzene rings is 2. The van der Waals surface area contributed by atoms with Crippen LogP contribution in [0, 0.1) is 11.8 Å². The molecular formula is C28H27BrN2O8. The van der Waals surface area contributed by atoms with Gasteiger partial charge < -0.3 is 18.9 Å². The zero-order chi connectivity index (χ0) is 27.8. The summed E-state index contributed by atoms with van der Waals surface area (Å²) in [4.78, 5) is 53.3. The zero-order valence-corrected chi connectivity index (χ0v) is 23.2. The standard InChI is InChI=1S/C28H27BrN2O8/c1-36-22-12-17(13-23(37-2)24(22)38-3)27(34)39-21-7-6-18(29)10-16(21)11-19-25(32)30-28(35)31(26(19)33)20-9-14-4-5-15(20)8-14/h6-7,10-15,20H,4-5,8-9H2,1-3H3,(H,30,32,35)/b19-11-/t14-,15-,20+/m0/s1. The van der Waals surface area contributed by atoms with E-state index in [-0.39, 0.29) is 40.3 Å². The number of hydrogen-bond acceptors (Lipinski definition) is 8. The number of ether oxygens (including phenoxy) is 4. The first kappa shape index (κ1) is 26.7. The summed E-state index contributed by atoms with van der Waals surface area (Å²) in [5.41, 5.74) is 0.219. The molecule has 204 valence electrons. The lowest BCUT2D eigenvalue weighted by Crippen LogP contribution is -2.58. The van der Waals surface area contributed by atoms with E-state index in [4.69, 9.17) is 18.9 Å². The van der Waals surface area contributed by atoms with E-state index in [9.17, 15) is 19.2 Å². The first-order chi connectivity index (χ1) is 18.7. The summed E-state index contributed by atoms with van der Waals surface area (Å²) in [5, 5.41) is 2.30. The lowest BCUT2D eigenvalue weighted by atomic mass is 9.93. The smallest absolute Gasteiger partial charge is 0.343 e. The van der Waals surface area contributed by atoms with Crippen molar-refractivity contribution in [2.24, 2.45) is 11.8 Å². The fraction of sp³-hybridized carbons (Fsp3) is 0.357. The third-order valence-electron chi connectivity index (χ3n) is 7.54. The summed E-state index contributed by atoms with van der Waals surface area (Å²) in [7, 11) is 4.32. The number of hydrogen-bond donors (Lipinski definition) is 1. The molecule has 3 fully saturated rings. The van der Waals surface area contributed by atoms with Gasteiger partial charge in [-0.15, -0.1) is 0 Å². The van der Waals surface area contributed by atoms with Crippen LogP contribution in [0.4, 0.5) is 4.79 Å². The molecule has 2 aromatic rings. The quantitative estimate of drug-likeness (QED) is 0.216. The highest BCUT2D eigenvalue weighted by Gasteiger charge is 2.49. The fourth-order valence-electron chi connectivity index (χ4n) is 5.74. The number of barbiturate groups is 1. The van der Waals surface area contributed by atoms with E-state index in [0.717, 1.165) is 25.7 Å². The average Bonchev–Trinajstić information content (AvgIpc) is 3.55. The molecule has 2 aliphatic carbocycles. The second-order valence-corrected chi connectivity index (χ2v) is 10.6. The van der Waals surface area contributed by atoms with Gasteiger partial charge in [-0.3, -0.25) is 19.8 Å². The van der Waals surface area contributed by atoms with Crippen LogP contribution in [0.25, 0.3) is 6.08 Å². The van der Waals surface area contributed by atoms with Crippen molar-refractivity contribution in [1.29, 1.82) is 0 Å². The molecule has 0 aromatic heterocycles. The number of nitrogens with one attached hydrogen (secondary N) is 1. The molecule has 11 heteroatoms. The van der Waals surface area contributed by atoms with Crippen molar-refractivity contribution >= 4 is 45.8 Å². The van der Waals surface area contributed by atoms with Crippen LogP contribution >= 0.6 is 15.9 Å². The fourth-order valence-corrected chi connectivity index (χ4v) is 6.12. The Kier molecular flexibility index (Phi) is 7.35. The van der Waals surface area contributed by atoms with Crippen LogP contribution in [0.3, 0.4) is 0 Å². The topological polar surface area (TPSA) is 120 Å². The maximum atomic E-state index is 13.5. The van der Waals surface area contributed by atoms with Crippen molar-refractivity contribution in [3.05, 3.63) is 51.5 Å². The molecule has 10 nitrogen and oxygen atoms in total. The number of nitrogens with zero attached hydrogens (tertiary/aromatic N) is 1. The third-order valence-corrected chi connectivity index (χ3v) is 8.03. The molecule has 4 amide bonds. The Balaban J connectivity index is 1.46. The van der Waals surface area contributed by atoms with Crippen LogP contribution in [-0.4, -0.2) is 56.1 Å². The molecule has 1 saturated heterocycles. The Morgan fingerprint density at radius 3 is 2.28 bits per heavy atom. The third kappa shape index (κ3) is 4.98. The van der Waals surface area contributed by atoms with Gasteiger partial charge in [0, 0.05) is 16.1 Å². The summed E-state index contributed by atoms with van der Waals surface area (Å²) in [6, 6.07) is 6.80. The Labute approximate surface area is 233 Å². The number of urea groups is 1. The van der Waals surface area contributed by atoms with Gasteiger partial charge in [0.25, 0.3) is 11.8 Å². The molecule has 1 aliphatic heterocycles. The molecule has 0 spiro atoms. The molecule has 2 saturated carbocycles. The minimum Gasteiger partial charge on any atom is -0.493 e. The van der Waals surface area contributed by atoms with E-state index in [1.165, 1.54) is 50.5 Å². The van der Waals surface area contributed by atoms with Crippen molar-refractivity contribution in [2.45, 2.75) is 31.7 Å². The van der Waals surface area contributed by atoms with Crippen LogP contribution in [0.1, 0.15) is 41.6 Å². The lowest BCUT2D eigenvalue weighted by Gasteiger charge is -2.35. The number of carbonyl (C=O) groups is 4. The molecule has 5 rings (SSSR count). The highest BCUT2D eigenvalue weighted by molar-refractivity contribution is 9.10. The highest BCUT2D eigenvalue weighted by atomic mass is 79.9. The van der Waals surface area contributed by atoms with E-state index in [0.29, 0.717) is 21.7 Å². The van der Waals surface area contributed by atoms with Crippen LogP contribution < -0.4 is 24.3 Å². The first-order valence-corrected chi connectivity index (χ1v) is 13.3. The molecular weight excluding hydrogens is 572 g/mol. The van der Waals surface area contributed by atoms with E-state index in [1.807, 2.05) is 0 Å². The summed E-state index contributed by atoms with van der Waals surface area (Å²) in [5.74, 6) is -0.454. The highest BCUT2D eigenvalue weighted by Crippen LogP contribution is 2.47. The summed E-state index contributed by atoms with van der Waals surface area (Å²) < 4.78 is 22.3. The predicted molar refractivity (Wildman–Crippen MR) is 143 cm³/mol. The van der Waals surface area contributed by atoms with E-state index in [1.54, 1.807) is 12.1 Å². The Morgan fingerprint density at radius 2 is 1.69 bits per heavy atom. The number of amides is 4. The summed E-state index contributed by atoms with van der Waals surface area (Å²) >= 11 is 3.39. The normalized spacial score (nSPS) is 23.2. The van der Waals surface area contributed by atoms with Gasteiger partial charge in [0.2, 0.25) is 5.75 Å². The Morgan fingerprint density at radius 1 is 0.974 bits per heavy atom. The lowest BCUT2D eigenvalue weighted by molar-refractivity contribution is -0.132. The second-order valence-electron chi connectivity index (χ2n) is 9.72. The van der Waals surface area contributed by atoms with Crippen molar-refractivity contribution < 1.29 is 38.1 Å². The zero-order valence-electron chi connectivity index (χ0n) is 21.6. The monoisotopic (exact) mass is 598 g/mol. The second kappa shape index (κ2) is 10.7. The van der Waals surface area contributed by atoms with Gasteiger partial charge in [-0.2, -0.15) is 0 Å². The van der Waals surface area contributed by atoms with Gasteiger partial charge in [0.15, 0.2) is 11.5 Å². The maximum absolute atomic E-state index is 13.5. The first-order valence-electron chi connectivity index (χ1n) is 12.5. The van der Waals surface area contributed by atoms with Crippen LogP contribution in [0.15, 0.2) is 40.4 Å². The molecule has 1 heterocycles. The van der Waals surface area contributed by atoms with Crippen LogP contribution in [0.2, 0.25) is 0 Å². The van der Waals surface area contributed by atoms with Gasteiger partial charge >= 0.3 is 12.0 Å². The molecule has 2 bridgehead atoms. The largest absolute Gasteiger partial charge is 0.493 e. The number of rotatable bonds is 7. The maximum Gasteiger partial charge on any atom is 0.343 e. The number of methoxy groups -OCH3 is 3. The molecule has 39 heavy (non-hydrogen) atoms. The van der Waals surface area contributed by atoms with Crippen LogP contribution in [0.5, 0.6) is 23.0 Å². The predicted octanol–water partition coefficient (Wildman–Crippen LogP) is 4.34. The number of imide groups is 2. The van der Waals surface area contributed by atoms with Crippen LogP contribution in [-0.2, 0) is 9.59 Å². The summed E-state index contributed by atoms with van der Waals surface area (Å²) in [6.45, 7) is 0. The van der Waals surface area contributed by atoms with E-state index in [2.05, 4.69) is 21.2 Å². The number of halogens is 1. The number of fused-ring (bicyclic) bond motifs is 2. The molecule has 2 aromatic carbocycles. The average molecular weight is 599 g/mol. The number of carbonyl (C=O) groups excluding carboxylic acids is 4. The van der Waals surface area contributed by atoms with E-state index >= 15 is 0 Å². The molecule has 3 aliphatic rings. The van der Waals surface area contributed by atoms with Crippen molar-refractivity contribution in [2.75, 3.05) is 21.3 Å². The van der Waals surface area contributed by atoms with Crippen molar-refractivity contribution in [1.82, 2.24) is 10.2 Å². The van der Waals surface area contributed by atoms with Crippen molar-refractivity contribution in [3.8, 4) is 23.0 Å². The minimum absolute atomic E-state index is 0.105. The van der Waals surface area contributed by atoms with Gasteiger partial charge in [0.05, 0.1) is 26.9 Å². The van der Waals surface area contributed by atoms with Gasteiger partial charge in [-0.25, -0.2) is 9.59 Å². The SMILES string of the molecule is COc1cc(C(=O)Oc2ccc(Br)cc2/C=C2/C(=O)NC(=O)N([C@@H]3C[C@H]4CC[C@H]3C4)C2=O)cc(OC)c1OC. The van der Waals surface area contributed by atoms with Gasteiger partial charge in [-0.05, 0) is 67.5 Å². The van der Waals surface area contributed by atoms with Gasteiger partial charge in [0.1, 0.15) is 11.3 Å². The Hall–Kier alpha value is -3.86. The summed E-state index contributed by atoms with van der Waals surface area (Å²) in [6.07, 6.45) is 5.14. The molecule has 1 N–H and O–H groups in total. The van der Waals surface area contributed by atoms with Crippen molar-refractivity contribution in [3.63, 3.8) is 0 Å². The van der Waals surface area contributed by atoms with Gasteiger partial charge in [-0.1, -0.05) is 22.4 Å². The minimum atomic E-state index is -0.800. The van der Waals surface area contributed by atoms with E-state index < -0.39 is 23.8 Å². The molecule has 0 unspecified atom stereocenters. The Bertz CT molecular complexity index is 1380. The molecule has 0 radical (unpaired) electrons.